The van der Waals surface area contributed by atoms with E-state index in [0.717, 1.165) is 13.1 Å². The van der Waals surface area contributed by atoms with Crippen LogP contribution in [0.3, 0.4) is 0 Å². The molecule has 1 N–H and O–H groups in total. The Kier molecular flexibility index (Phi) is 8.87. The molecule has 0 spiro atoms. The van der Waals surface area contributed by atoms with Gasteiger partial charge in [-0.25, -0.2) is 4.79 Å². The molecule has 0 aliphatic carbocycles. The lowest BCUT2D eigenvalue weighted by molar-refractivity contribution is -0.174. The first kappa shape index (κ1) is 24.4. The summed E-state index contributed by atoms with van der Waals surface area (Å²) in [5.74, 6) is -0.518. The van der Waals surface area contributed by atoms with E-state index in [-0.39, 0.29) is 25.5 Å². The van der Waals surface area contributed by atoms with Crippen molar-refractivity contribution in [2.45, 2.75) is 33.4 Å². The highest BCUT2D eigenvalue weighted by atomic mass is 19.4. The number of aryl methyl sites for hydroxylation is 1. The quantitative estimate of drug-likeness (QED) is 0.347. The Balaban J connectivity index is 1.77. The van der Waals surface area contributed by atoms with Gasteiger partial charge in [-0.3, -0.25) is 9.69 Å². The third-order valence-corrected chi connectivity index (χ3v) is 5.06. The standard InChI is InChI=1S/C20H30F3N3O4/c1-4-30-19(28)17-14(2)18(24-15(17)3)16(27)12-26-9-7-25(8-10-26)6-5-11-29-13-20(21,22)23/h24H,4-13H2,1-3H3. The second kappa shape index (κ2) is 10.9. The van der Waals surface area contributed by atoms with Gasteiger partial charge < -0.3 is 19.4 Å². The van der Waals surface area contributed by atoms with Gasteiger partial charge in [-0.05, 0) is 32.8 Å². The molecule has 1 aliphatic rings. The molecular formula is C20H30F3N3O4. The fourth-order valence-electron chi connectivity index (χ4n) is 3.57. The lowest BCUT2D eigenvalue weighted by Crippen LogP contribution is -2.48. The van der Waals surface area contributed by atoms with Gasteiger partial charge in [0.05, 0.1) is 24.4 Å². The van der Waals surface area contributed by atoms with Crippen molar-refractivity contribution in [1.29, 1.82) is 0 Å². The SMILES string of the molecule is CCOC(=O)c1c(C)[nH]c(C(=O)CN2CCN(CCCOCC(F)(F)F)CC2)c1C. The van der Waals surface area contributed by atoms with Crippen LogP contribution in [0.4, 0.5) is 13.2 Å². The number of H-pyrrole nitrogens is 1. The molecule has 1 aromatic rings. The van der Waals surface area contributed by atoms with Crippen LogP contribution in [0.15, 0.2) is 0 Å². The van der Waals surface area contributed by atoms with E-state index in [1.807, 2.05) is 4.90 Å². The largest absolute Gasteiger partial charge is 0.462 e. The van der Waals surface area contributed by atoms with E-state index in [0.29, 0.717) is 48.6 Å². The molecule has 1 saturated heterocycles. The van der Waals surface area contributed by atoms with E-state index in [4.69, 9.17) is 4.74 Å². The number of carbonyl (C=O) groups excluding carboxylic acids is 2. The Morgan fingerprint density at radius 1 is 1.10 bits per heavy atom. The van der Waals surface area contributed by atoms with Gasteiger partial charge in [0.2, 0.25) is 0 Å². The highest BCUT2D eigenvalue weighted by molar-refractivity contribution is 6.02. The van der Waals surface area contributed by atoms with Crippen LogP contribution in [0, 0.1) is 13.8 Å². The summed E-state index contributed by atoms with van der Waals surface area (Å²) in [6, 6.07) is 0. The molecule has 0 saturated carbocycles. The lowest BCUT2D eigenvalue weighted by Gasteiger charge is -2.34. The van der Waals surface area contributed by atoms with Crippen LogP contribution in [0.2, 0.25) is 0 Å². The number of alkyl halides is 3. The van der Waals surface area contributed by atoms with Gasteiger partial charge in [0.25, 0.3) is 0 Å². The van der Waals surface area contributed by atoms with Crippen molar-refractivity contribution in [3.63, 3.8) is 0 Å². The first-order valence-electron chi connectivity index (χ1n) is 10.1. The average Bonchev–Trinajstić information content (AvgIpc) is 2.96. The van der Waals surface area contributed by atoms with E-state index in [1.165, 1.54) is 0 Å². The number of nitrogens with one attached hydrogen (secondary N) is 1. The molecule has 2 rings (SSSR count). The van der Waals surface area contributed by atoms with Crippen molar-refractivity contribution in [2.24, 2.45) is 0 Å². The third-order valence-electron chi connectivity index (χ3n) is 5.06. The molecule has 170 valence electrons. The molecule has 0 bridgehead atoms. The van der Waals surface area contributed by atoms with E-state index < -0.39 is 18.8 Å². The van der Waals surface area contributed by atoms with Gasteiger partial charge in [0.1, 0.15) is 6.61 Å². The second-order valence-corrected chi connectivity index (χ2v) is 7.41. The number of ketones is 1. The smallest absolute Gasteiger partial charge is 0.411 e. The van der Waals surface area contributed by atoms with Crippen molar-refractivity contribution in [3.8, 4) is 0 Å². The van der Waals surface area contributed by atoms with Crippen molar-refractivity contribution in [3.05, 3.63) is 22.5 Å². The summed E-state index contributed by atoms with van der Waals surface area (Å²) >= 11 is 0. The Morgan fingerprint density at radius 2 is 1.73 bits per heavy atom. The molecule has 0 unspecified atom stereocenters. The zero-order chi connectivity index (χ0) is 22.3. The highest BCUT2D eigenvalue weighted by Gasteiger charge is 2.27. The molecule has 1 aliphatic heterocycles. The number of piperazine rings is 1. The number of esters is 1. The third kappa shape index (κ3) is 7.10. The van der Waals surface area contributed by atoms with Crippen LogP contribution in [0.1, 0.15) is 45.4 Å². The van der Waals surface area contributed by atoms with Gasteiger partial charge in [-0.2, -0.15) is 13.2 Å². The molecule has 2 heterocycles. The Labute approximate surface area is 174 Å². The van der Waals surface area contributed by atoms with Crippen molar-refractivity contribution >= 4 is 11.8 Å². The first-order chi connectivity index (χ1) is 14.1. The van der Waals surface area contributed by atoms with Gasteiger partial charge >= 0.3 is 12.1 Å². The number of halogens is 3. The molecule has 0 radical (unpaired) electrons. The fourth-order valence-corrected chi connectivity index (χ4v) is 3.57. The minimum Gasteiger partial charge on any atom is -0.462 e. The number of carbonyl (C=O) groups is 2. The minimum absolute atomic E-state index is 0.0759. The number of ether oxygens (including phenoxy) is 2. The number of hydrogen-bond acceptors (Lipinski definition) is 6. The molecule has 1 aromatic heterocycles. The minimum atomic E-state index is -4.29. The Bertz CT molecular complexity index is 726. The topological polar surface area (TPSA) is 74.9 Å². The summed E-state index contributed by atoms with van der Waals surface area (Å²) < 4.78 is 45.8. The monoisotopic (exact) mass is 433 g/mol. The lowest BCUT2D eigenvalue weighted by atomic mass is 10.1. The summed E-state index contributed by atoms with van der Waals surface area (Å²) in [6.07, 6.45) is -3.75. The summed E-state index contributed by atoms with van der Waals surface area (Å²) in [5, 5.41) is 0. The highest BCUT2D eigenvalue weighted by Crippen LogP contribution is 2.20. The molecule has 30 heavy (non-hydrogen) atoms. The van der Waals surface area contributed by atoms with E-state index in [1.54, 1.807) is 20.8 Å². The van der Waals surface area contributed by atoms with Crippen molar-refractivity contribution in [1.82, 2.24) is 14.8 Å². The number of rotatable bonds is 10. The maximum Gasteiger partial charge on any atom is 0.411 e. The van der Waals surface area contributed by atoms with Crippen molar-refractivity contribution in [2.75, 3.05) is 59.1 Å². The predicted molar refractivity (Wildman–Crippen MR) is 105 cm³/mol. The van der Waals surface area contributed by atoms with Gasteiger partial charge in [0, 0.05) is 45.0 Å². The number of aromatic amines is 1. The predicted octanol–water partition coefficient (Wildman–Crippen LogP) is 2.58. The summed E-state index contributed by atoms with van der Waals surface area (Å²) in [5.41, 5.74) is 2.07. The van der Waals surface area contributed by atoms with Gasteiger partial charge in [0.15, 0.2) is 5.78 Å². The normalized spacial score (nSPS) is 16.1. The average molecular weight is 433 g/mol. The van der Waals surface area contributed by atoms with Crippen LogP contribution >= 0.6 is 0 Å². The van der Waals surface area contributed by atoms with Crippen molar-refractivity contribution < 1.29 is 32.2 Å². The zero-order valence-corrected chi connectivity index (χ0v) is 17.7. The maximum absolute atomic E-state index is 12.7. The molecule has 0 atom stereocenters. The zero-order valence-electron chi connectivity index (χ0n) is 17.7. The number of Topliss-reactive ketones (excluding diaryl/α,β-unsaturated/α-hetero) is 1. The summed E-state index contributed by atoms with van der Waals surface area (Å²) in [4.78, 5) is 32.0. The maximum atomic E-state index is 12.7. The molecule has 0 aromatic carbocycles. The second-order valence-electron chi connectivity index (χ2n) is 7.41. The van der Waals surface area contributed by atoms with Crippen LogP contribution in [-0.4, -0.2) is 91.8 Å². The molecule has 10 heteroatoms. The van der Waals surface area contributed by atoms with Crippen LogP contribution < -0.4 is 0 Å². The van der Waals surface area contributed by atoms with Gasteiger partial charge in [-0.15, -0.1) is 0 Å². The van der Waals surface area contributed by atoms with E-state index >= 15 is 0 Å². The van der Waals surface area contributed by atoms with Crippen LogP contribution in [-0.2, 0) is 9.47 Å². The summed E-state index contributed by atoms with van der Waals surface area (Å²) in [6.45, 7) is 8.12. The molecule has 7 nitrogen and oxygen atoms in total. The number of aromatic nitrogens is 1. The number of nitrogens with zero attached hydrogens (tertiary/aromatic N) is 2. The Morgan fingerprint density at radius 3 is 2.33 bits per heavy atom. The number of hydrogen-bond donors (Lipinski definition) is 1. The molecule has 1 fully saturated rings. The van der Waals surface area contributed by atoms with Gasteiger partial charge in [-0.1, -0.05) is 0 Å². The van der Waals surface area contributed by atoms with E-state index in [9.17, 15) is 22.8 Å². The van der Waals surface area contributed by atoms with Crippen LogP contribution in [0.5, 0.6) is 0 Å². The van der Waals surface area contributed by atoms with Crippen LogP contribution in [0.25, 0.3) is 0 Å². The first-order valence-corrected chi connectivity index (χ1v) is 10.1. The molecular weight excluding hydrogens is 403 g/mol. The van der Waals surface area contributed by atoms with E-state index in [2.05, 4.69) is 14.6 Å². The summed E-state index contributed by atoms with van der Waals surface area (Å²) in [7, 11) is 0. The fraction of sp³-hybridized carbons (Fsp3) is 0.700. The Hall–Kier alpha value is -1.91. The molecule has 0 amide bonds.